The molecular weight excluding hydrogens is 228 g/mol. The van der Waals surface area contributed by atoms with Gasteiger partial charge in [0.05, 0.1) is 15.7 Å². The molecule has 2 nitrogen and oxygen atoms in total. The van der Waals surface area contributed by atoms with E-state index in [1.54, 1.807) is 11.3 Å². The molecule has 0 aliphatic rings. The Morgan fingerprint density at radius 1 is 1.47 bits per heavy atom. The number of benzene rings is 1. The van der Waals surface area contributed by atoms with Crippen molar-refractivity contribution in [1.29, 1.82) is 0 Å². The van der Waals surface area contributed by atoms with Crippen LogP contribution in [0.25, 0.3) is 10.2 Å². The van der Waals surface area contributed by atoms with Crippen molar-refractivity contribution in [2.45, 2.75) is 25.8 Å². The van der Waals surface area contributed by atoms with Gasteiger partial charge in [0.2, 0.25) is 0 Å². The Balaban J connectivity index is 2.46. The Hall–Kier alpha value is -0.640. The van der Waals surface area contributed by atoms with Gasteiger partial charge in [-0.2, -0.15) is 0 Å². The van der Waals surface area contributed by atoms with E-state index in [0.29, 0.717) is 0 Å². The van der Waals surface area contributed by atoms with E-state index < -0.39 is 0 Å². The summed E-state index contributed by atoms with van der Waals surface area (Å²) in [5.41, 5.74) is 9.64. The molecule has 1 aromatic heterocycles. The third kappa shape index (κ3) is 2.48. The van der Waals surface area contributed by atoms with Crippen LogP contribution in [-0.2, 0) is 6.42 Å². The van der Waals surface area contributed by atoms with Crippen molar-refractivity contribution in [2.75, 3.05) is 0 Å². The van der Waals surface area contributed by atoms with E-state index in [4.69, 9.17) is 17.3 Å². The predicted octanol–water partition coefficient (Wildman–Crippen LogP) is 3.23. The highest BCUT2D eigenvalue weighted by atomic mass is 35.5. The predicted molar refractivity (Wildman–Crippen MR) is 66.6 cm³/mol. The first-order valence-electron chi connectivity index (χ1n) is 4.76. The molecule has 0 aliphatic heterocycles. The molecule has 2 aromatic rings. The van der Waals surface area contributed by atoms with E-state index in [1.807, 2.05) is 31.5 Å². The van der Waals surface area contributed by atoms with Crippen molar-refractivity contribution in [3.05, 3.63) is 28.2 Å². The zero-order valence-corrected chi connectivity index (χ0v) is 10.3. The normalized spacial score (nSPS) is 12.3. The zero-order valence-electron chi connectivity index (χ0n) is 8.75. The van der Waals surface area contributed by atoms with Crippen molar-refractivity contribution in [3.8, 4) is 0 Å². The molecule has 0 bridgehead atoms. The number of fused-ring (bicyclic) bond motifs is 1. The Morgan fingerprint density at radius 2 is 2.20 bits per heavy atom. The summed E-state index contributed by atoms with van der Waals surface area (Å²) in [5.74, 6) is 0. The topological polar surface area (TPSA) is 38.9 Å². The molecular formula is C11H13ClN2S. The van der Waals surface area contributed by atoms with Crippen LogP contribution in [0, 0.1) is 0 Å². The summed E-state index contributed by atoms with van der Waals surface area (Å²) >= 11 is 7.79. The average molecular weight is 241 g/mol. The van der Waals surface area contributed by atoms with E-state index in [-0.39, 0.29) is 5.54 Å². The number of nitrogens with zero attached hydrogens (tertiary/aromatic N) is 1. The van der Waals surface area contributed by atoms with Crippen LogP contribution in [0.5, 0.6) is 0 Å². The summed E-state index contributed by atoms with van der Waals surface area (Å²) in [6.45, 7) is 3.99. The average Bonchev–Trinajstić information content (AvgIpc) is 2.49. The molecule has 0 fully saturated rings. The van der Waals surface area contributed by atoms with Gasteiger partial charge in [-0.15, -0.1) is 11.3 Å². The summed E-state index contributed by atoms with van der Waals surface area (Å²) in [4.78, 5) is 4.27. The molecule has 0 aliphatic carbocycles. The van der Waals surface area contributed by atoms with Gasteiger partial charge in [0, 0.05) is 10.6 Å². The molecule has 1 heterocycles. The number of nitrogens with two attached hydrogens (primary N) is 1. The van der Waals surface area contributed by atoms with Crippen molar-refractivity contribution >= 4 is 33.2 Å². The summed E-state index contributed by atoms with van der Waals surface area (Å²) < 4.78 is 1.12. The van der Waals surface area contributed by atoms with Gasteiger partial charge in [0.1, 0.15) is 0 Å². The van der Waals surface area contributed by atoms with Crippen LogP contribution < -0.4 is 5.73 Å². The second-order valence-corrected chi connectivity index (χ2v) is 5.72. The van der Waals surface area contributed by atoms with Crippen LogP contribution in [0.15, 0.2) is 17.6 Å². The van der Waals surface area contributed by atoms with Crippen LogP contribution in [-0.4, -0.2) is 10.5 Å². The van der Waals surface area contributed by atoms with Gasteiger partial charge < -0.3 is 5.73 Å². The maximum absolute atomic E-state index is 6.19. The van der Waals surface area contributed by atoms with Crippen LogP contribution in [0.4, 0.5) is 0 Å². The standard InChI is InChI=1S/C11H13ClN2S/c1-11(2,13)5-7-3-9-10(4-8(7)12)15-6-14-9/h3-4,6H,5,13H2,1-2H3. The number of halogens is 1. The van der Waals surface area contributed by atoms with E-state index in [2.05, 4.69) is 4.98 Å². The summed E-state index contributed by atoms with van der Waals surface area (Å²) in [6.07, 6.45) is 0.763. The number of hydrogen-bond donors (Lipinski definition) is 1. The maximum atomic E-state index is 6.19. The number of thiazole rings is 1. The maximum Gasteiger partial charge on any atom is 0.0815 e. The molecule has 0 radical (unpaired) electrons. The molecule has 0 atom stereocenters. The summed E-state index contributed by atoms with van der Waals surface area (Å²) in [6, 6.07) is 4.00. The lowest BCUT2D eigenvalue weighted by atomic mass is 9.96. The first-order valence-corrected chi connectivity index (χ1v) is 6.02. The van der Waals surface area contributed by atoms with Gasteiger partial charge in [-0.1, -0.05) is 11.6 Å². The summed E-state index contributed by atoms with van der Waals surface area (Å²) in [7, 11) is 0. The van der Waals surface area contributed by atoms with Crippen molar-refractivity contribution in [2.24, 2.45) is 5.73 Å². The third-order valence-electron chi connectivity index (χ3n) is 2.15. The Kier molecular flexibility index (Phi) is 2.71. The molecule has 2 rings (SSSR count). The first-order chi connectivity index (χ1) is 6.96. The highest BCUT2D eigenvalue weighted by Crippen LogP contribution is 2.27. The molecule has 0 unspecified atom stereocenters. The molecule has 0 saturated heterocycles. The van der Waals surface area contributed by atoms with Crippen molar-refractivity contribution < 1.29 is 0 Å². The van der Waals surface area contributed by atoms with Crippen LogP contribution in [0.1, 0.15) is 19.4 Å². The highest BCUT2D eigenvalue weighted by molar-refractivity contribution is 7.16. The lowest BCUT2D eigenvalue weighted by Gasteiger charge is -2.19. The molecule has 4 heteroatoms. The van der Waals surface area contributed by atoms with Gasteiger partial charge in [-0.05, 0) is 38.0 Å². The van der Waals surface area contributed by atoms with Gasteiger partial charge >= 0.3 is 0 Å². The quantitative estimate of drug-likeness (QED) is 0.876. The number of aromatic nitrogens is 1. The van der Waals surface area contributed by atoms with E-state index >= 15 is 0 Å². The zero-order chi connectivity index (χ0) is 11.1. The second kappa shape index (κ2) is 3.74. The number of hydrogen-bond acceptors (Lipinski definition) is 3. The highest BCUT2D eigenvalue weighted by Gasteiger charge is 2.15. The molecule has 15 heavy (non-hydrogen) atoms. The van der Waals surface area contributed by atoms with Crippen LogP contribution in [0.3, 0.4) is 0 Å². The smallest absolute Gasteiger partial charge is 0.0815 e. The van der Waals surface area contributed by atoms with Gasteiger partial charge in [0.25, 0.3) is 0 Å². The molecule has 2 N–H and O–H groups in total. The minimum absolute atomic E-state index is 0.243. The fraction of sp³-hybridized carbons (Fsp3) is 0.364. The second-order valence-electron chi connectivity index (χ2n) is 4.43. The number of rotatable bonds is 2. The Morgan fingerprint density at radius 3 is 2.87 bits per heavy atom. The fourth-order valence-electron chi connectivity index (χ4n) is 1.55. The lowest BCUT2D eigenvalue weighted by molar-refractivity contribution is 0.517. The molecule has 0 saturated carbocycles. The fourth-order valence-corrected chi connectivity index (χ4v) is 2.54. The van der Waals surface area contributed by atoms with Gasteiger partial charge in [0.15, 0.2) is 0 Å². The minimum Gasteiger partial charge on any atom is -0.325 e. The third-order valence-corrected chi connectivity index (χ3v) is 3.29. The Labute approximate surface area is 98.1 Å². The van der Waals surface area contributed by atoms with E-state index in [1.165, 1.54) is 0 Å². The van der Waals surface area contributed by atoms with E-state index in [0.717, 1.165) is 27.2 Å². The Bertz CT molecular complexity index is 485. The van der Waals surface area contributed by atoms with Gasteiger partial charge in [-0.25, -0.2) is 4.98 Å². The van der Waals surface area contributed by atoms with Crippen molar-refractivity contribution in [3.63, 3.8) is 0 Å². The SMILES string of the molecule is CC(C)(N)Cc1cc2ncsc2cc1Cl. The van der Waals surface area contributed by atoms with E-state index in [9.17, 15) is 0 Å². The monoisotopic (exact) mass is 240 g/mol. The van der Waals surface area contributed by atoms with Crippen LogP contribution in [0.2, 0.25) is 5.02 Å². The molecule has 80 valence electrons. The van der Waals surface area contributed by atoms with Crippen molar-refractivity contribution in [1.82, 2.24) is 4.98 Å². The largest absolute Gasteiger partial charge is 0.325 e. The first kappa shape index (κ1) is 10.9. The molecule has 0 spiro atoms. The summed E-state index contributed by atoms with van der Waals surface area (Å²) in [5, 5.41) is 0.783. The molecule has 0 amide bonds. The van der Waals surface area contributed by atoms with Crippen LogP contribution >= 0.6 is 22.9 Å². The lowest BCUT2D eigenvalue weighted by Crippen LogP contribution is -2.34. The molecule has 1 aromatic carbocycles. The minimum atomic E-state index is -0.243. The van der Waals surface area contributed by atoms with Gasteiger partial charge in [-0.3, -0.25) is 0 Å².